The van der Waals surface area contributed by atoms with Crippen LogP contribution in [0.1, 0.15) is 59.8 Å². The lowest BCUT2D eigenvalue weighted by molar-refractivity contribution is -0.159. The van der Waals surface area contributed by atoms with Crippen molar-refractivity contribution >= 4 is 17.4 Å². The number of hydrogen-bond donors (Lipinski definition) is 1. The summed E-state index contributed by atoms with van der Waals surface area (Å²) in [5.41, 5.74) is 1.36. The van der Waals surface area contributed by atoms with Crippen molar-refractivity contribution < 1.29 is 5.11 Å². The first-order chi connectivity index (χ1) is 11.2. The molecule has 24 heavy (non-hydrogen) atoms. The highest BCUT2D eigenvalue weighted by atomic mass is 32.1. The quantitative estimate of drug-likeness (QED) is 0.424. The van der Waals surface area contributed by atoms with Crippen molar-refractivity contribution in [3.63, 3.8) is 0 Å². The van der Waals surface area contributed by atoms with E-state index >= 15 is 0 Å². The van der Waals surface area contributed by atoms with Gasteiger partial charge in [0.2, 0.25) is 0 Å². The van der Waals surface area contributed by atoms with E-state index in [1.165, 1.54) is 5.57 Å². The molecule has 3 saturated carbocycles. The molecule has 0 radical (unpaired) electrons. The van der Waals surface area contributed by atoms with E-state index in [1.807, 2.05) is 0 Å². The zero-order chi connectivity index (χ0) is 17.7. The summed E-state index contributed by atoms with van der Waals surface area (Å²) in [6, 6.07) is 0. The first-order valence-corrected chi connectivity index (χ1v) is 9.79. The minimum atomic E-state index is -0.782. The molecule has 2 nitrogen and oxygen atoms in total. The number of thiocarbonyl (C=S) groups is 1. The maximum absolute atomic E-state index is 12.0. The van der Waals surface area contributed by atoms with Gasteiger partial charge in [-0.3, -0.25) is 0 Å². The molecule has 0 heterocycles. The summed E-state index contributed by atoms with van der Waals surface area (Å²) in [5, 5.41) is 14.6. The van der Waals surface area contributed by atoms with Crippen LogP contribution in [0.15, 0.2) is 28.8 Å². The van der Waals surface area contributed by atoms with Crippen molar-refractivity contribution in [1.29, 1.82) is 0 Å². The van der Waals surface area contributed by atoms with Crippen LogP contribution in [-0.4, -0.2) is 21.4 Å². The normalized spacial score (nSPS) is 47.4. The van der Waals surface area contributed by atoms with E-state index in [9.17, 15) is 5.11 Å². The molecule has 0 spiro atoms. The predicted octanol–water partition coefficient (Wildman–Crippen LogP) is 5.19. The first-order valence-electron chi connectivity index (χ1n) is 9.38. The van der Waals surface area contributed by atoms with E-state index in [4.69, 9.17) is 12.2 Å². The van der Waals surface area contributed by atoms with Crippen molar-refractivity contribution in [2.45, 2.75) is 70.9 Å². The Kier molecular flexibility index (Phi) is 4.66. The topological polar surface area (TPSA) is 32.6 Å². The van der Waals surface area contributed by atoms with Crippen LogP contribution < -0.4 is 0 Å². The standard InChI is InChI=1S/C21H31NOS/c1-13(2)10-16-11-14(3)17-8-9-20(5,22-12-24)18-7-6-15(4)21(16,23)19(17)18/h10,14,16-19,23H,4,6-9,11H2,1-3,5H3/t14-,16-,17+,18-,19+,20-,21+/m1/s1. The van der Waals surface area contributed by atoms with Gasteiger partial charge in [-0.25, -0.2) is 4.99 Å². The fourth-order valence-electron chi connectivity index (χ4n) is 6.14. The van der Waals surface area contributed by atoms with Crippen LogP contribution in [-0.2, 0) is 0 Å². The molecule has 0 aromatic heterocycles. The van der Waals surface area contributed by atoms with Crippen LogP contribution in [0.4, 0.5) is 0 Å². The summed E-state index contributed by atoms with van der Waals surface area (Å²) >= 11 is 4.95. The summed E-state index contributed by atoms with van der Waals surface area (Å²) in [7, 11) is 0. The highest BCUT2D eigenvalue weighted by Crippen LogP contribution is 2.62. The van der Waals surface area contributed by atoms with Gasteiger partial charge in [0.05, 0.1) is 16.3 Å². The summed E-state index contributed by atoms with van der Waals surface area (Å²) in [4.78, 5) is 4.60. The first kappa shape index (κ1) is 18.0. The van der Waals surface area contributed by atoms with Gasteiger partial charge in [0, 0.05) is 11.8 Å². The Bertz CT molecular complexity index is 615. The molecule has 7 atom stereocenters. The van der Waals surface area contributed by atoms with Crippen molar-refractivity contribution in [3.05, 3.63) is 23.8 Å². The minimum absolute atomic E-state index is 0.174. The Morgan fingerprint density at radius 2 is 2.12 bits per heavy atom. The number of rotatable bonds is 2. The van der Waals surface area contributed by atoms with Gasteiger partial charge < -0.3 is 5.11 Å². The summed E-state index contributed by atoms with van der Waals surface area (Å²) in [5.74, 6) is 1.98. The molecule has 0 unspecified atom stereocenters. The van der Waals surface area contributed by atoms with Gasteiger partial charge in [-0.2, -0.15) is 0 Å². The van der Waals surface area contributed by atoms with Crippen LogP contribution >= 0.6 is 12.2 Å². The van der Waals surface area contributed by atoms with E-state index in [-0.39, 0.29) is 17.4 Å². The third kappa shape index (κ3) is 2.57. The second-order valence-corrected chi connectivity index (χ2v) is 9.11. The van der Waals surface area contributed by atoms with Gasteiger partial charge in [0.25, 0.3) is 0 Å². The molecule has 0 bridgehead atoms. The molecule has 0 amide bonds. The smallest absolute Gasteiger partial charge is 0.0950 e. The Morgan fingerprint density at radius 1 is 1.42 bits per heavy atom. The Labute approximate surface area is 152 Å². The van der Waals surface area contributed by atoms with Crippen molar-refractivity contribution in [1.82, 2.24) is 0 Å². The lowest BCUT2D eigenvalue weighted by Gasteiger charge is -2.62. The average molecular weight is 346 g/mol. The third-order valence-electron chi connectivity index (χ3n) is 7.27. The maximum atomic E-state index is 12.0. The molecule has 3 aliphatic carbocycles. The lowest BCUT2D eigenvalue weighted by atomic mass is 9.45. The molecular weight excluding hydrogens is 314 g/mol. The number of allylic oxidation sites excluding steroid dienone is 1. The van der Waals surface area contributed by atoms with Crippen LogP contribution in [0, 0.1) is 29.6 Å². The number of hydrogen-bond acceptors (Lipinski definition) is 3. The van der Waals surface area contributed by atoms with Crippen molar-refractivity contribution in [2.24, 2.45) is 34.6 Å². The monoisotopic (exact) mass is 345 g/mol. The SMILES string of the molecule is C=C1CC[C@@H]2[C@@H]3[C@@H](CC[C@@]2(C)N=C=S)[C@H](C)C[C@@H](C=C(C)C)[C@@]13O. The Hall–Kier alpha value is -0.760. The predicted molar refractivity (Wildman–Crippen MR) is 103 cm³/mol. The zero-order valence-electron chi connectivity index (χ0n) is 15.5. The van der Waals surface area contributed by atoms with Gasteiger partial charge in [-0.1, -0.05) is 25.2 Å². The summed E-state index contributed by atoms with van der Waals surface area (Å²) in [6.45, 7) is 13.2. The molecule has 0 aromatic rings. The minimum Gasteiger partial charge on any atom is -0.385 e. The molecule has 3 aliphatic rings. The molecule has 1 N–H and O–H groups in total. The fourth-order valence-corrected chi connectivity index (χ4v) is 6.35. The Morgan fingerprint density at radius 3 is 2.75 bits per heavy atom. The third-order valence-corrected chi connectivity index (χ3v) is 7.36. The molecule has 3 rings (SSSR count). The Balaban J connectivity index is 2.11. The maximum Gasteiger partial charge on any atom is 0.0950 e. The van der Waals surface area contributed by atoms with E-state index < -0.39 is 5.60 Å². The van der Waals surface area contributed by atoms with Crippen LogP contribution in [0.2, 0.25) is 0 Å². The lowest BCUT2D eigenvalue weighted by Crippen LogP contribution is -2.64. The molecule has 3 fully saturated rings. The second kappa shape index (κ2) is 6.20. The highest BCUT2D eigenvalue weighted by molar-refractivity contribution is 7.78. The number of aliphatic imine (C=N–C) groups is 1. The van der Waals surface area contributed by atoms with E-state index in [1.54, 1.807) is 0 Å². The van der Waals surface area contributed by atoms with E-state index in [0.717, 1.165) is 37.7 Å². The largest absolute Gasteiger partial charge is 0.385 e. The number of isothiocyanates is 1. The van der Waals surface area contributed by atoms with Crippen LogP contribution in [0.25, 0.3) is 0 Å². The van der Waals surface area contributed by atoms with Crippen LogP contribution in [0.5, 0.6) is 0 Å². The van der Waals surface area contributed by atoms with Crippen molar-refractivity contribution in [2.75, 3.05) is 0 Å². The molecular formula is C21H31NOS. The van der Waals surface area contributed by atoms with Crippen LogP contribution in [0.3, 0.4) is 0 Å². The van der Waals surface area contributed by atoms with E-state index in [2.05, 4.69) is 50.5 Å². The molecule has 0 aromatic carbocycles. The summed E-state index contributed by atoms with van der Waals surface area (Å²) in [6.07, 6.45) is 7.48. The molecule has 0 aliphatic heterocycles. The van der Waals surface area contributed by atoms with E-state index in [0.29, 0.717) is 17.8 Å². The van der Waals surface area contributed by atoms with Gasteiger partial charge in [-0.05, 0) is 88.4 Å². The summed E-state index contributed by atoms with van der Waals surface area (Å²) < 4.78 is 0. The molecule has 3 heteroatoms. The second-order valence-electron chi connectivity index (χ2n) is 8.93. The van der Waals surface area contributed by atoms with Crippen molar-refractivity contribution in [3.8, 4) is 0 Å². The number of nitrogens with zero attached hydrogens (tertiary/aromatic N) is 1. The van der Waals surface area contributed by atoms with Gasteiger partial charge in [-0.15, -0.1) is 0 Å². The van der Waals surface area contributed by atoms with Gasteiger partial charge in [0.15, 0.2) is 0 Å². The molecule has 132 valence electrons. The highest BCUT2D eigenvalue weighted by Gasteiger charge is 2.62. The number of aliphatic hydroxyl groups is 1. The molecule has 0 saturated heterocycles. The van der Waals surface area contributed by atoms with Gasteiger partial charge >= 0.3 is 0 Å². The zero-order valence-corrected chi connectivity index (χ0v) is 16.3. The average Bonchev–Trinajstić information content (AvgIpc) is 2.49. The fraction of sp³-hybridized carbons (Fsp3) is 0.762. The van der Waals surface area contributed by atoms with Gasteiger partial charge in [0.1, 0.15) is 0 Å².